The second-order valence-electron chi connectivity index (χ2n) is 6.36. The van der Waals surface area contributed by atoms with Crippen LogP contribution in [0.4, 0.5) is 0 Å². The van der Waals surface area contributed by atoms with Gasteiger partial charge in [0.1, 0.15) is 0 Å². The van der Waals surface area contributed by atoms with Crippen LogP contribution in [0.25, 0.3) is 0 Å². The summed E-state index contributed by atoms with van der Waals surface area (Å²) < 4.78 is 5.63. The largest absolute Gasteiger partial charge is 0.378 e. The first-order valence-electron chi connectivity index (χ1n) is 7.11. The molecule has 1 heterocycles. The smallest absolute Gasteiger partial charge is 0.0590 e. The van der Waals surface area contributed by atoms with Gasteiger partial charge in [0, 0.05) is 18.6 Å². The van der Waals surface area contributed by atoms with E-state index in [-0.39, 0.29) is 0 Å². The highest BCUT2D eigenvalue weighted by atomic mass is 16.5. The minimum absolute atomic E-state index is 0.391. The zero-order valence-electron chi connectivity index (χ0n) is 10.4. The van der Waals surface area contributed by atoms with Crippen molar-refractivity contribution in [3.05, 3.63) is 0 Å². The summed E-state index contributed by atoms with van der Waals surface area (Å²) in [6.07, 6.45) is 8.81. The van der Waals surface area contributed by atoms with Crippen molar-refractivity contribution in [2.45, 2.75) is 57.6 Å². The average Bonchev–Trinajstić information content (AvgIpc) is 2.92. The van der Waals surface area contributed by atoms with Gasteiger partial charge in [0.15, 0.2) is 0 Å². The topological polar surface area (TPSA) is 35.2 Å². The van der Waals surface area contributed by atoms with Crippen LogP contribution < -0.4 is 5.73 Å². The van der Waals surface area contributed by atoms with Crippen molar-refractivity contribution >= 4 is 0 Å². The molecule has 2 heteroatoms. The molecule has 2 saturated carbocycles. The normalized spacial score (nSPS) is 48.8. The Balaban J connectivity index is 1.54. The zero-order valence-corrected chi connectivity index (χ0v) is 10.4. The number of ether oxygens (including phenoxy) is 1. The second kappa shape index (κ2) is 4.30. The molecule has 2 bridgehead atoms. The van der Waals surface area contributed by atoms with Gasteiger partial charge in [-0.2, -0.15) is 0 Å². The van der Waals surface area contributed by atoms with Crippen LogP contribution in [-0.4, -0.2) is 18.8 Å². The Bertz CT molecular complexity index is 255. The van der Waals surface area contributed by atoms with E-state index in [9.17, 15) is 0 Å². The summed E-state index contributed by atoms with van der Waals surface area (Å²) in [5.41, 5.74) is 6.40. The number of hydrogen-bond donors (Lipinski definition) is 1. The van der Waals surface area contributed by atoms with Crippen LogP contribution >= 0.6 is 0 Å². The molecule has 1 saturated heterocycles. The predicted molar refractivity (Wildman–Crippen MR) is 65.1 cm³/mol. The lowest BCUT2D eigenvalue weighted by Crippen LogP contribution is -2.36. The first-order chi connectivity index (χ1) is 7.74. The summed E-state index contributed by atoms with van der Waals surface area (Å²) >= 11 is 0. The molecule has 16 heavy (non-hydrogen) atoms. The molecule has 0 radical (unpaired) electrons. The van der Waals surface area contributed by atoms with E-state index in [1.165, 1.54) is 38.5 Å². The molecule has 2 nitrogen and oxygen atoms in total. The van der Waals surface area contributed by atoms with Crippen molar-refractivity contribution in [1.29, 1.82) is 0 Å². The first-order valence-corrected chi connectivity index (χ1v) is 7.11. The quantitative estimate of drug-likeness (QED) is 0.798. The molecule has 3 fully saturated rings. The van der Waals surface area contributed by atoms with E-state index in [2.05, 4.69) is 6.92 Å². The third-order valence-electron chi connectivity index (χ3n) is 5.44. The van der Waals surface area contributed by atoms with Gasteiger partial charge in [-0.1, -0.05) is 6.42 Å². The molecule has 0 aromatic heterocycles. The first kappa shape index (κ1) is 11.0. The van der Waals surface area contributed by atoms with Crippen molar-refractivity contribution in [2.24, 2.45) is 29.4 Å². The molecule has 0 amide bonds. The van der Waals surface area contributed by atoms with Crippen LogP contribution in [-0.2, 0) is 4.74 Å². The van der Waals surface area contributed by atoms with Crippen LogP contribution in [0.3, 0.4) is 0 Å². The predicted octanol–water partition coefficient (Wildman–Crippen LogP) is 2.57. The maximum Gasteiger partial charge on any atom is 0.0590 e. The van der Waals surface area contributed by atoms with Crippen molar-refractivity contribution in [3.8, 4) is 0 Å². The molecule has 6 unspecified atom stereocenters. The molecule has 3 aliphatic rings. The fraction of sp³-hybridized carbons (Fsp3) is 1.00. The molecule has 3 rings (SSSR count). The van der Waals surface area contributed by atoms with Gasteiger partial charge >= 0.3 is 0 Å². The van der Waals surface area contributed by atoms with Gasteiger partial charge in [-0.3, -0.25) is 0 Å². The minimum atomic E-state index is 0.391. The van der Waals surface area contributed by atoms with Gasteiger partial charge < -0.3 is 10.5 Å². The SMILES string of the molecule is CC1OCCC1C(N)CC1CC2CCC1C2. The van der Waals surface area contributed by atoms with E-state index in [1.54, 1.807) is 0 Å². The fourth-order valence-electron chi connectivity index (χ4n) is 4.50. The van der Waals surface area contributed by atoms with Crippen molar-refractivity contribution in [1.82, 2.24) is 0 Å². The van der Waals surface area contributed by atoms with Gasteiger partial charge in [-0.15, -0.1) is 0 Å². The summed E-state index contributed by atoms with van der Waals surface area (Å²) in [6.45, 7) is 3.12. The van der Waals surface area contributed by atoms with E-state index in [0.29, 0.717) is 18.1 Å². The van der Waals surface area contributed by atoms with E-state index >= 15 is 0 Å². The highest BCUT2D eigenvalue weighted by molar-refractivity contribution is 4.93. The molecule has 6 atom stereocenters. The molecule has 0 spiro atoms. The Kier molecular flexibility index (Phi) is 2.97. The monoisotopic (exact) mass is 223 g/mol. The molecule has 2 N–H and O–H groups in total. The third-order valence-corrected chi connectivity index (χ3v) is 5.44. The van der Waals surface area contributed by atoms with Crippen LogP contribution in [0.1, 0.15) is 45.4 Å². The molecule has 0 aromatic rings. The molecular formula is C14H25NO. The molecule has 1 aliphatic heterocycles. The summed E-state index contributed by atoms with van der Waals surface area (Å²) in [6, 6.07) is 0.391. The molecule has 2 aliphatic carbocycles. The maximum absolute atomic E-state index is 6.40. The lowest BCUT2D eigenvalue weighted by molar-refractivity contribution is 0.0952. The van der Waals surface area contributed by atoms with Gasteiger partial charge in [0.25, 0.3) is 0 Å². The van der Waals surface area contributed by atoms with E-state index in [0.717, 1.165) is 24.4 Å². The Morgan fingerprint density at radius 2 is 2.12 bits per heavy atom. The fourth-order valence-corrected chi connectivity index (χ4v) is 4.50. The third kappa shape index (κ3) is 1.91. The van der Waals surface area contributed by atoms with Crippen LogP contribution in [0.15, 0.2) is 0 Å². The van der Waals surface area contributed by atoms with Gasteiger partial charge in [-0.05, 0) is 56.8 Å². The molecule has 0 aromatic carbocycles. The maximum atomic E-state index is 6.40. The van der Waals surface area contributed by atoms with Gasteiger partial charge in [0.05, 0.1) is 6.10 Å². The summed E-state index contributed by atoms with van der Waals surface area (Å²) in [7, 11) is 0. The van der Waals surface area contributed by atoms with Crippen molar-refractivity contribution in [2.75, 3.05) is 6.61 Å². The molecule has 92 valence electrons. The highest BCUT2D eigenvalue weighted by Gasteiger charge is 2.41. The Labute approximate surface area is 98.9 Å². The second-order valence-corrected chi connectivity index (χ2v) is 6.36. The van der Waals surface area contributed by atoms with E-state index in [4.69, 9.17) is 10.5 Å². The van der Waals surface area contributed by atoms with Crippen molar-refractivity contribution < 1.29 is 4.74 Å². The summed E-state index contributed by atoms with van der Waals surface area (Å²) in [5, 5.41) is 0. The van der Waals surface area contributed by atoms with E-state index < -0.39 is 0 Å². The Morgan fingerprint density at radius 3 is 2.69 bits per heavy atom. The number of rotatable bonds is 3. The standard InChI is InChI=1S/C14H25NO/c1-9-13(4-5-16-9)14(15)8-12-7-10-2-3-11(12)6-10/h9-14H,2-8,15H2,1H3. The Hall–Kier alpha value is -0.0800. The average molecular weight is 223 g/mol. The lowest BCUT2D eigenvalue weighted by atomic mass is 9.80. The number of nitrogens with two attached hydrogens (primary N) is 1. The van der Waals surface area contributed by atoms with Crippen LogP contribution in [0.5, 0.6) is 0 Å². The highest BCUT2D eigenvalue weighted by Crippen LogP contribution is 2.50. The summed E-state index contributed by atoms with van der Waals surface area (Å²) in [4.78, 5) is 0. The number of fused-ring (bicyclic) bond motifs is 2. The number of hydrogen-bond acceptors (Lipinski definition) is 2. The van der Waals surface area contributed by atoms with Gasteiger partial charge in [-0.25, -0.2) is 0 Å². The Morgan fingerprint density at radius 1 is 1.25 bits per heavy atom. The van der Waals surface area contributed by atoms with E-state index in [1.807, 2.05) is 0 Å². The lowest BCUT2D eigenvalue weighted by Gasteiger charge is -2.28. The minimum Gasteiger partial charge on any atom is -0.378 e. The molecular weight excluding hydrogens is 198 g/mol. The van der Waals surface area contributed by atoms with Crippen molar-refractivity contribution in [3.63, 3.8) is 0 Å². The van der Waals surface area contributed by atoms with Gasteiger partial charge in [0.2, 0.25) is 0 Å². The zero-order chi connectivity index (χ0) is 11.1. The van der Waals surface area contributed by atoms with Crippen LogP contribution in [0.2, 0.25) is 0 Å². The summed E-state index contributed by atoms with van der Waals surface area (Å²) in [5.74, 6) is 3.65. The van der Waals surface area contributed by atoms with Crippen LogP contribution in [0, 0.1) is 23.7 Å².